The first-order chi connectivity index (χ1) is 17.8. The molecule has 0 radical (unpaired) electrons. The maximum Gasteiger partial charge on any atom is 0.0493 e. The van der Waals surface area contributed by atoms with Gasteiger partial charge in [-0.3, -0.25) is 9.97 Å². The number of halogens is 1. The zero-order chi connectivity index (χ0) is 24.3. The summed E-state index contributed by atoms with van der Waals surface area (Å²) in [6.45, 7) is 0. The monoisotopic (exact) mass is 486 g/mol. The summed E-state index contributed by atoms with van der Waals surface area (Å²) >= 11 is 6.74. The summed E-state index contributed by atoms with van der Waals surface area (Å²) in [4.78, 5) is 7.97. The lowest BCUT2D eigenvalue weighted by Gasteiger charge is -2.26. The van der Waals surface area contributed by atoms with Gasteiger partial charge >= 0.3 is 0 Å². The number of aryl methyl sites for hydroxylation is 1. The lowest BCUT2D eigenvalue weighted by Crippen LogP contribution is -2.17. The van der Waals surface area contributed by atoms with E-state index in [4.69, 9.17) is 11.6 Å². The molecule has 4 aromatic carbocycles. The van der Waals surface area contributed by atoms with E-state index in [-0.39, 0.29) is 0 Å². The summed E-state index contributed by atoms with van der Waals surface area (Å²) in [6.07, 6.45) is 11.9. The fourth-order valence-corrected chi connectivity index (χ4v) is 5.88. The summed E-state index contributed by atoms with van der Waals surface area (Å²) in [5, 5.41) is 8.28. The highest BCUT2D eigenvalue weighted by Gasteiger charge is 2.22. The van der Waals surface area contributed by atoms with Crippen molar-refractivity contribution in [3.63, 3.8) is 0 Å². The molecule has 0 aliphatic heterocycles. The van der Waals surface area contributed by atoms with Crippen LogP contribution in [-0.2, 0) is 19.3 Å². The third kappa shape index (κ3) is 4.57. The Labute approximate surface area is 216 Å². The predicted octanol–water partition coefficient (Wildman–Crippen LogP) is 8.62. The fraction of sp³-hybridized carbons (Fsp3) is 0.152. The number of pyridine rings is 2. The van der Waals surface area contributed by atoms with E-state index in [2.05, 4.69) is 82.8 Å². The molecule has 0 bridgehead atoms. The smallest absolute Gasteiger partial charge is 0.0493 e. The van der Waals surface area contributed by atoms with Crippen LogP contribution in [0.25, 0.3) is 32.3 Å². The van der Waals surface area contributed by atoms with E-state index in [1.54, 1.807) is 12.4 Å². The minimum atomic E-state index is 0.724. The highest BCUT2D eigenvalue weighted by molar-refractivity contribution is 6.38. The maximum absolute atomic E-state index is 6.74. The van der Waals surface area contributed by atoms with Crippen molar-refractivity contribution in [2.75, 3.05) is 0 Å². The van der Waals surface area contributed by atoms with Gasteiger partial charge in [0.05, 0.1) is 0 Å². The van der Waals surface area contributed by atoms with E-state index in [1.807, 2.05) is 24.5 Å². The molecule has 0 amide bonds. The summed E-state index contributed by atoms with van der Waals surface area (Å²) in [5.74, 6) is 0.724. The van der Waals surface area contributed by atoms with Crippen LogP contribution in [0.4, 0.5) is 0 Å². The Morgan fingerprint density at radius 3 is 2.22 bits per heavy atom. The van der Waals surface area contributed by atoms with Crippen LogP contribution >= 0.6 is 11.6 Å². The molecular weight excluding hydrogens is 460 g/mol. The third-order valence-electron chi connectivity index (χ3n) is 7.30. The third-order valence-corrected chi connectivity index (χ3v) is 7.60. The van der Waals surface area contributed by atoms with Crippen molar-refractivity contribution in [2.24, 2.45) is 5.92 Å². The van der Waals surface area contributed by atoms with Gasteiger partial charge in [-0.15, -0.1) is 0 Å². The second kappa shape index (κ2) is 10.1. The van der Waals surface area contributed by atoms with E-state index in [0.29, 0.717) is 0 Å². The minimum absolute atomic E-state index is 0.724. The fourth-order valence-electron chi connectivity index (χ4n) is 5.55. The highest BCUT2D eigenvalue weighted by atomic mass is 35.5. The lowest BCUT2D eigenvalue weighted by atomic mass is 9.78. The Kier molecular flexibility index (Phi) is 6.36. The molecule has 1 aliphatic rings. The van der Waals surface area contributed by atoms with Crippen LogP contribution in [0.3, 0.4) is 0 Å². The van der Waals surface area contributed by atoms with Gasteiger partial charge in [-0.2, -0.15) is 0 Å². The van der Waals surface area contributed by atoms with Crippen molar-refractivity contribution in [3.05, 3.63) is 131 Å². The molecule has 0 saturated carbocycles. The van der Waals surface area contributed by atoms with Crippen LogP contribution in [0.1, 0.15) is 23.1 Å². The Bertz CT molecular complexity index is 1590. The molecule has 0 spiro atoms. The average Bonchev–Trinajstić information content (AvgIpc) is 2.94. The predicted molar refractivity (Wildman–Crippen MR) is 152 cm³/mol. The molecule has 1 atom stereocenters. The number of aromatic nitrogens is 2. The number of hydrogen-bond donors (Lipinski definition) is 0. The van der Waals surface area contributed by atoms with Crippen LogP contribution in [0.15, 0.2) is 110 Å². The first-order valence-corrected chi connectivity index (χ1v) is 12.9. The van der Waals surface area contributed by atoms with Gasteiger partial charge < -0.3 is 0 Å². The summed E-state index contributed by atoms with van der Waals surface area (Å²) < 4.78 is 0. The molecule has 0 N–H and O–H groups in total. The van der Waals surface area contributed by atoms with Crippen molar-refractivity contribution in [3.8, 4) is 0 Å². The number of hydrogen-bond acceptors (Lipinski definition) is 2. The summed E-state index contributed by atoms with van der Waals surface area (Å²) in [7, 11) is 0. The van der Waals surface area contributed by atoms with Gasteiger partial charge in [-0.1, -0.05) is 78.3 Å². The van der Waals surface area contributed by atoms with Crippen molar-refractivity contribution in [1.29, 1.82) is 0 Å². The Hall–Kier alpha value is -3.75. The van der Waals surface area contributed by atoms with Crippen molar-refractivity contribution in [1.82, 2.24) is 9.97 Å². The summed E-state index contributed by atoms with van der Waals surface area (Å²) in [6, 6.07) is 30.1. The molecule has 36 heavy (non-hydrogen) atoms. The molecule has 1 aliphatic carbocycles. The normalized spacial score (nSPS) is 14.9. The topological polar surface area (TPSA) is 25.8 Å². The number of rotatable bonds is 2. The second-order valence-corrected chi connectivity index (χ2v) is 10.0. The van der Waals surface area contributed by atoms with Crippen molar-refractivity contribution >= 4 is 43.9 Å². The molecule has 0 fully saturated rings. The van der Waals surface area contributed by atoms with Crippen molar-refractivity contribution < 1.29 is 0 Å². The van der Waals surface area contributed by atoms with Crippen LogP contribution in [0.5, 0.6) is 0 Å². The second-order valence-electron chi connectivity index (χ2n) is 9.60. The van der Waals surface area contributed by atoms with E-state index in [9.17, 15) is 0 Å². The molecule has 176 valence electrons. The first kappa shape index (κ1) is 22.7. The molecular formula is C33H27ClN2. The zero-order valence-electron chi connectivity index (χ0n) is 20.1. The quantitative estimate of drug-likeness (QED) is 0.229. The van der Waals surface area contributed by atoms with E-state index in [1.165, 1.54) is 51.1 Å². The van der Waals surface area contributed by atoms with Gasteiger partial charge in [0.25, 0.3) is 0 Å². The number of fused-ring (bicyclic) bond motifs is 6. The van der Waals surface area contributed by atoms with E-state index < -0.39 is 0 Å². The molecule has 7 rings (SSSR count). The van der Waals surface area contributed by atoms with E-state index in [0.717, 1.165) is 34.6 Å². The molecule has 1 unspecified atom stereocenters. The van der Waals surface area contributed by atoms with Gasteiger partial charge in [0.2, 0.25) is 0 Å². The Balaban J connectivity index is 0.000000200. The molecule has 6 aromatic rings. The number of benzene rings is 4. The minimum Gasteiger partial charge on any atom is -0.264 e. The molecule has 2 aromatic heterocycles. The standard InChI is InChI=1S/C25H21Cl.C8H6N2/c26-24-16-19-8-4-5-9-21(19)23-13-11-20-15-18(10-12-22(20)25(23)24)14-17-6-2-1-3-7-17;1-3-9-6-8-2-4-10-5-7(1)8/h1-9,11,13,16,18H,10,12,14-15H2;1-6H. The Morgan fingerprint density at radius 1 is 0.722 bits per heavy atom. The van der Waals surface area contributed by atoms with Crippen LogP contribution in [-0.4, -0.2) is 9.97 Å². The largest absolute Gasteiger partial charge is 0.264 e. The van der Waals surface area contributed by atoms with E-state index >= 15 is 0 Å². The lowest BCUT2D eigenvalue weighted by molar-refractivity contribution is 0.458. The average molecular weight is 487 g/mol. The van der Waals surface area contributed by atoms with Gasteiger partial charge in [-0.05, 0) is 82.6 Å². The van der Waals surface area contributed by atoms with Gasteiger partial charge in [0.15, 0.2) is 0 Å². The highest BCUT2D eigenvalue weighted by Crippen LogP contribution is 2.39. The summed E-state index contributed by atoms with van der Waals surface area (Å²) in [5.41, 5.74) is 4.41. The van der Waals surface area contributed by atoms with Crippen LogP contribution < -0.4 is 0 Å². The van der Waals surface area contributed by atoms with Crippen LogP contribution in [0, 0.1) is 5.92 Å². The van der Waals surface area contributed by atoms with Gasteiger partial charge in [0, 0.05) is 46.0 Å². The Morgan fingerprint density at radius 2 is 1.44 bits per heavy atom. The zero-order valence-corrected chi connectivity index (χ0v) is 20.8. The molecule has 0 saturated heterocycles. The number of nitrogens with zero attached hydrogens (tertiary/aromatic N) is 2. The molecule has 3 heteroatoms. The first-order valence-electron chi connectivity index (χ1n) is 12.6. The van der Waals surface area contributed by atoms with Crippen molar-refractivity contribution in [2.45, 2.75) is 25.7 Å². The van der Waals surface area contributed by atoms with Gasteiger partial charge in [-0.25, -0.2) is 0 Å². The maximum atomic E-state index is 6.74. The SMILES string of the molecule is Clc1cc2ccccc2c2ccc3c(c12)CCC(Cc1ccccc1)C3.c1cc2cnccc2cn1. The van der Waals surface area contributed by atoms with Gasteiger partial charge in [0.1, 0.15) is 0 Å². The molecule has 2 heterocycles. The van der Waals surface area contributed by atoms with Crippen LogP contribution in [0.2, 0.25) is 5.02 Å². The molecule has 2 nitrogen and oxygen atoms in total.